The summed E-state index contributed by atoms with van der Waals surface area (Å²) < 4.78 is 1.88. The van der Waals surface area contributed by atoms with Crippen molar-refractivity contribution in [1.29, 1.82) is 0 Å². The standard InChI is InChI=1S/C43H56N10O5S/c1-26-38(59-25-48-26)28-13-11-27(12-14-28)20-47-41(57)35-18-31(54)24-52(35)42(58)39(43(2,3)4)50-37(56)15-17-51-16-7-8-30(23-51)53-22-29(21-49-53)33(40(45)46)19-34(44)32-9-5-6-10-36(32)55/h5-6,9-14,19,21-22,25,30-31,35,39,54-55H,7-8,15-18,20,23-24,44-46H2,1-4H3,(H,47,57)(H,50,56)/b34-19-/t30?,31-,35+,39-/m1/s1. The van der Waals surface area contributed by atoms with Gasteiger partial charge in [0, 0.05) is 67.6 Å². The van der Waals surface area contributed by atoms with Crippen LogP contribution in [-0.2, 0) is 20.9 Å². The number of para-hydroxylation sites is 1. The minimum Gasteiger partial charge on any atom is -0.507 e. The number of carbonyl (C=O) groups excluding carboxylic acids is 3. The number of thiazole rings is 1. The number of nitrogens with one attached hydrogen (secondary N) is 2. The molecule has 2 fully saturated rings. The van der Waals surface area contributed by atoms with E-state index in [1.807, 2.05) is 68.3 Å². The zero-order valence-corrected chi connectivity index (χ0v) is 34.9. The number of likely N-dealkylation sites (tertiary alicyclic amines) is 2. The fraction of sp³-hybridized carbons (Fsp3) is 0.419. The highest BCUT2D eigenvalue weighted by Crippen LogP contribution is 2.30. The second-order valence-corrected chi connectivity index (χ2v) is 17.3. The van der Waals surface area contributed by atoms with E-state index in [1.54, 1.807) is 47.9 Å². The third kappa shape index (κ3) is 10.5. The van der Waals surface area contributed by atoms with E-state index < -0.39 is 29.5 Å². The van der Waals surface area contributed by atoms with Gasteiger partial charge in [-0.1, -0.05) is 57.2 Å². The lowest BCUT2D eigenvalue weighted by molar-refractivity contribution is -0.144. The largest absolute Gasteiger partial charge is 0.507 e. The van der Waals surface area contributed by atoms with E-state index in [2.05, 4.69) is 25.6 Å². The van der Waals surface area contributed by atoms with Crippen LogP contribution >= 0.6 is 11.3 Å². The van der Waals surface area contributed by atoms with Gasteiger partial charge in [0.1, 0.15) is 23.7 Å². The number of aryl methyl sites for hydroxylation is 1. The molecule has 2 aliphatic heterocycles. The van der Waals surface area contributed by atoms with Crippen LogP contribution in [0.5, 0.6) is 5.75 Å². The van der Waals surface area contributed by atoms with Crippen molar-refractivity contribution in [3.8, 4) is 16.2 Å². The molecule has 0 aliphatic carbocycles. The number of amides is 3. The Morgan fingerprint density at radius 1 is 1.07 bits per heavy atom. The van der Waals surface area contributed by atoms with Crippen LogP contribution < -0.4 is 27.8 Å². The molecule has 2 aromatic heterocycles. The van der Waals surface area contributed by atoms with Crippen LogP contribution in [0.15, 0.2) is 78.3 Å². The summed E-state index contributed by atoms with van der Waals surface area (Å²) in [6, 6.07) is 12.9. The summed E-state index contributed by atoms with van der Waals surface area (Å²) in [5.41, 5.74) is 24.4. The smallest absolute Gasteiger partial charge is 0.246 e. The van der Waals surface area contributed by atoms with Crippen LogP contribution in [0.4, 0.5) is 0 Å². The fourth-order valence-electron chi connectivity index (χ4n) is 7.68. The van der Waals surface area contributed by atoms with Crippen LogP contribution in [-0.4, -0.2) is 96.9 Å². The number of phenolic OH excluding ortho intramolecular Hbond substituents is 1. The highest BCUT2D eigenvalue weighted by atomic mass is 32.1. The first-order valence-corrected chi connectivity index (χ1v) is 20.8. The zero-order valence-electron chi connectivity index (χ0n) is 34.1. The summed E-state index contributed by atoms with van der Waals surface area (Å²) in [6.45, 7) is 9.78. The highest BCUT2D eigenvalue weighted by Gasteiger charge is 2.44. The number of allylic oxidation sites excluding steroid dienone is 2. The summed E-state index contributed by atoms with van der Waals surface area (Å²) in [7, 11) is 0. The number of aliphatic hydroxyl groups is 1. The summed E-state index contributed by atoms with van der Waals surface area (Å²) in [5, 5.41) is 31.4. The first-order chi connectivity index (χ1) is 28.1. The van der Waals surface area contributed by atoms with Crippen LogP contribution in [0.1, 0.15) is 74.9 Å². The quantitative estimate of drug-likeness (QED) is 0.0966. The molecule has 4 aromatic rings. The Kier molecular flexibility index (Phi) is 13.4. The van der Waals surface area contributed by atoms with E-state index in [9.17, 15) is 24.6 Å². The van der Waals surface area contributed by atoms with Gasteiger partial charge in [-0.3, -0.25) is 19.1 Å². The van der Waals surface area contributed by atoms with Gasteiger partial charge >= 0.3 is 0 Å². The van der Waals surface area contributed by atoms with Gasteiger partial charge in [0.2, 0.25) is 17.7 Å². The van der Waals surface area contributed by atoms with E-state index >= 15 is 0 Å². The first kappa shape index (κ1) is 42.9. The number of phenols is 1. The van der Waals surface area contributed by atoms with Crippen LogP contribution in [0.3, 0.4) is 0 Å². The number of carbonyl (C=O) groups is 3. The topological polar surface area (TPSA) is 231 Å². The highest BCUT2D eigenvalue weighted by molar-refractivity contribution is 7.13. The van der Waals surface area contributed by atoms with Crippen LogP contribution in [0.25, 0.3) is 21.7 Å². The van der Waals surface area contributed by atoms with Gasteiger partial charge in [0.05, 0.1) is 34.4 Å². The minimum atomic E-state index is -0.916. The molecule has 0 radical (unpaired) electrons. The predicted octanol–water partition coefficient (Wildman–Crippen LogP) is 3.44. The van der Waals surface area contributed by atoms with Crippen molar-refractivity contribution in [2.24, 2.45) is 22.6 Å². The molecule has 314 valence electrons. The molecule has 0 saturated carbocycles. The average molecular weight is 825 g/mol. The van der Waals surface area contributed by atoms with Gasteiger partial charge < -0.3 is 47.8 Å². The van der Waals surface area contributed by atoms with Crippen molar-refractivity contribution >= 4 is 40.3 Å². The monoisotopic (exact) mass is 824 g/mol. The maximum atomic E-state index is 14.1. The fourth-order valence-corrected chi connectivity index (χ4v) is 8.50. The van der Waals surface area contributed by atoms with Crippen molar-refractivity contribution in [3.05, 3.63) is 101 Å². The molecule has 0 bridgehead atoms. The van der Waals surface area contributed by atoms with Crippen molar-refractivity contribution in [2.45, 2.75) is 84.2 Å². The SMILES string of the molecule is Cc1ncsc1-c1ccc(CNC(=O)[C@@H]2C[C@@H](O)CN2C(=O)[C@@H](NC(=O)CCN2CCCC(n3cc(C(/C=C(\N)c4ccccc4O)=C(N)N)cn3)C2)C(C)(C)C)cc1. The lowest BCUT2D eigenvalue weighted by atomic mass is 9.85. The van der Waals surface area contributed by atoms with E-state index in [-0.39, 0.29) is 55.4 Å². The van der Waals surface area contributed by atoms with E-state index in [0.29, 0.717) is 35.5 Å². The lowest BCUT2D eigenvalue weighted by Crippen LogP contribution is -2.58. The van der Waals surface area contributed by atoms with Crippen molar-refractivity contribution < 1.29 is 24.6 Å². The number of aromatic hydroxyl groups is 1. The van der Waals surface area contributed by atoms with Gasteiger partial charge in [0.25, 0.3) is 0 Å². The molecule has 0 spiro atoms. The minimum absolute atomic E-state index is 0.00201. The molecule has 6 rings (SSSR count). The predicted molar refractivity (Wildman–Crippen MR) is 229 cm³/mol. The third-order valence-electron chi connectivity index (χ3n) is 11.0. The number of nitrogens with zero attached hydrogens (tertiary/aromatic N) is 5. The Hall–Kier alpha value is -5.71. The molecular weight excluding hydrogens is 769 g/mol. The van der Waals surface area contributed by atoms with Crippen LogP contribution in [0, 0.1) is 12.3 Å². The third-order valence-corrected chi connectivity index (χ3v) is 11.9. The molecule has 16 heteroatoms. The number of aromatic nitrogens is 3. The van der Waals surface area contributed by atoms with Crippen LogP contribution in [0.2, 0.25) is 0 Å². The molecule has 10 N–H and O–H groups in total. The molecule has 15 nitrogen and oxygen atoms in total. The van der Waals surface area contributed by atoms with E-state index in [4.69, 9.17) is 17.2 Å². The van der Waals surface area contributed by atoms with Crippen molar-refractivity contribution in [1.82, 2.24) is 35.2 Å². The normalized spacial score (nSPS) is 19.3. The number of hydrogen-bond acceptors (Lipinski definition) is 12. The molecule has 2 saturated heterocycles. The number of hydrogen-bond donors (Lipinski definition) is 7. The second-order valence-electron chi connectivity index (χ2n) is 16.5. The molecular formula is C43H56N10O5S. The molecule has 4 heterocycles. The summed E-state index contributed by atoms with van der Waals surface area (Å²) >= 11 is 1.58. The van der Waals surface area contributed by atoms with E-state index in [0.717, 1.165) is 41.1 Å². The number of rotatable bonds is 13. The molecule has 4 atom stereocenters. The Balaban J connectivity index is 1.03. The molecule has 59 heavy (non-hydrogen) atoms. The Morgan fingerprint density at radius 2 is 1.81 bits per heavy atom. The van der Waals surface area contributed by atoms with Crippen molar-refractivity contribution in [2.75, 3.05) is 26.2 Å². The van der Waals surface area contributed by atoms with Gasteiger partial charge in [-0.05, 0) is 61.1 Å². The Labute approximate surface area is 349 Å². The summed E-state index contributed by atoms with van der Waals surface area (Å²) in [5.74, 6) is -0.928. The summed E-state index contributed by atoms with van der Waals surface area (Å²) in [4.78, 5) is 50.2. The number of piperidine rings is 1. The van der Waals surface area contributed by atoms with E-state index in [1.165, 1.54) is 4.90 Å². The number of nitrogens with two attached hydrogens (primary N) is 3. The molecule has 3 amide bonds. The summed E-state index contributed by atoms with van der Waals surface area (Å²) in [6.07, 6.45) is 6.36. The number of β-amino-alcohol motifs (C(OH)–C–C–N with tert-alkyl or cyclic N) is 1. The van der Waals surface area contributed by atoms with Gasteiger partial charge in [-0.25, -0.2) is 4.98 Å². The lowest BCUT2D eigenvalue weighted by Gasteiger charge is -2.36. The van der Waals surface area contributed by atoms with Gasteiger partial charge in [-0.15, -0.1) is 11.3 Å². The molecule has 1 unspecified atom stereocenters. The molecule has 2 aromatic carbocycles. The average Bonchev–Trinajstić information content (AvgIpc) is 3.97. The maximum absolute atomic E-state index is 14.1. The maximum Gasteiger partial charge on any atom is 0.246 e. The Bertz CT molecular complexity index is 2190. The zero-order chi connectivity index (χ0) is 42.4. The second kappa shape index (κ2) is 18.5. The van der Waals surface area contributed by atoms with Gasteiger partial charge in [-0.2, -0.15) is 5.10 Å². The Morgan fingerprint density at radius 3 is 2.49 bits per heavy atom. The first-order valence-electron chi connectivity index (χ1n) is 19.9. The number of aliphatic hydroxyl groups excluding tert-OH is 1. The van der Waals surface area contributed by atoms with Gasteiger partial charge in [0.15, 0.2) is 0 Å². The molecule has 2 aliphatic rings. The number of benzene rings is 2. The van der Waals surface area contributed by atoms with Crippen molar-refractivity contribution in [3.63, 3.8) is 0 Å².